The molecular weight excluding hydrogens is 310 g/mol. The van der Waals surface area contributed by atoms with Crippen molar-refractivity contribution in [3.05, 3.63) is 42.5 Å². The van der Waals surface area contributed by atoms with Crippen LogP contribution in [0.3, 0.4) is 0 Å². The first kappa shape index (κ1) is 19.3. The lowest BCUT2D eigenvalue weighted by atomic mass is 9.99. The molecule has 2 aromatic rings. The van der Waals surface area contributed by atoms with Crippen LogP contribution in [0.2, 0.25) is 0 Å². The molecule has 0 heterocycles. The van der Waals surface area contributed by atoms with Crippen LogP contribution >= 0.6 is 0 Å². The van der Waals surface area contributed by atoms with Crippen LogP contribution in [0.15, 0.2) is 42.5 Å². The van der Waals surface area contributed by atoms with Gasteiger partial charge in [-0.15, -0.1) is 0 Å². The van der Waals surface area contributed by atoms with Crippen molar-refractivity contribution in [1.82, 2.24) is 5.32 Å². The van der Waals surface area contributed by atoms with Crippen LogP contribution in [0.1, 0.15) is 52.9 Å². The molecule has 2 atom stereocenters. The van der Waals surface area contributed by atoms with E-state index in [-0.39, 0.29) is 5.91 Å². The molecule has 3 heteroatoms. The van der Waals surface area contributed by atoms with Crippen LogP contribution in [0.25, 0.3) is 10.8 Å². The molecule has 0 bridgehead atoms. The molecular formula is C22H31NO2. The van der Waals surface area contributed by atoms with Crippen molar-refractivity contribution in [2.75, 3.05) is 6.54 Å². The molecule has 0 aliphatic carbocycles. The van der Waals surface area contributed by atoms with E-state index in [9.17, 15) is 4.79 Å². The zero-order valence-electron chi connectivity index (χ0n) is 15.8. The summed E-state index contributed by atoms with van der Waals surface area (Å²) in [5, 5.41) is 5.27. The number of amides is 1. The maximum atomic E-state index is 12.6. The van der Waals surface area contributed by atoms with E-state index in [1.165, 1.54) is 19.3 Å². The molecule has 3 nitrogen and oxygen atoms in total. The normalized spacial score (nSPS) is 13.4. The van der Waals surface area contributed by atoms with Gasteiger partial charge in [-0.1, -0.05) is 76.4 Å². The molecule has 136 valence electrons. The number of carbonyl (C=O) groups is 1. The summed E-state index contributed by atoms with van der Waals surface area (Å²) in [6.07, 6.45) is 4.90. The molecule has 0 spiro atoms. The molecule has 0 aliphatic heterocycles. The number of hydrogen-bond donors (Lipinski definition) is 1. The minimum Gasteiger partial charge on any atom is -0.480 e. The van der Waals surface area contributed by atoms with Crippen LogP contribution in [-0.4, -0.2) is 18.6 Å². The number of ether oxygens (including phenoxy) is 1. The number of rotatable bonds is 10. The van der Waals surface area contributed by atoms with Crippen LogP contribution in [0, 0.1) is 5.92 Å². The van der Waals surface area contributed by atoms with Gasteiger partial charge in [0.05, 0.1) is 0 Å². The smallest absolute Gasteiger partial charge is 0.261 e. The Morgan fingerprint density at radius 1 is 1.04 bits per heavy atom. The molecule has 0 fully saturated rings. The van der Waals surface area contributed by atoms with Crippen molar-refractivity contribution in [1.29, 1.82) is 0 Å². The summed E-state index contributed by atoms with van der Waals surface area (Å²) in [6, 6.07) is 14.1. The van der Waals surface area contributed by atoms with Crippen LogP contribution in [-0.2, 0) is 4.79 Å². The van der Waals surface area contributed by atoms with Gasteiger partial charge < -0.3 is 10.1 Å². The molecule has 0 radical (unpaired) electrons. The third kappa shape index (κ3) is 5.48. The molecule has 0 saturated heterocycles. The van der Waals surface area contributed by atoms with Gasteiger partial charge in [0.15, 0.2) is 6.10 Å². The summed E-state index contributed by atoms with van der Waals surface area (Å²) in [5.74, 6) is 1.32. The van der Waals surface area contributed by atoms with Crippen LogP contribution < -0.4 is 10.1 Å². The highest BCUT2D eigenvalue weighted by atomic mass is 16.5. The van der Waals surface area contributed by atoms with Gasteiger partial charge in [0.2, 0.25) is 0 Å². The summed E-state index contributed by atoms with van der Waals surface area (Å²) in [7, 11) is 0. The van der Waals surface area contributed by atoms with Crippen molar-refractivity contribution >= 4 is 16.7 Å². The fourth-order valence-corrected chi connectivity index (χ4v) is 3.08. The molecule has 2 aromatic carbocycles. The highest BCUT2D eigenvalue weighted by molar-refractivity contribution is 5.89. The Bertz CT molecular complexity index is 663. The zero-order valence-corrected chi connectivity index (χ0v) is 15.8. The van der Waals surface area contributed by atoms with Crippen molar-refractivity contribution < 1.29 is 9.53 Å². The van der Waals surface area contributed by atoms with E-state index < -0.39 is 6.10 Å². The molecule has 2 rings (SSSR count). The van der Waals surface area contributed by atoms with E-state index in [4.69, 9.17) is 4.74 Å². The number of fused-ring (bicyclic) bond motifs is 1. The van der Waals surface area contributed by atoms with E-state index in [2.05, 4.69) is 31.3 Å². The van der Waals surface area contributed by atoms with Crippen molar-refractivity contribution in [3.8, 4) is 5.75 Å². The first-order valence-corrected chi connectivity index (χ1v) is 9.61. The monoisotopic (exact) mass is 341 g/mol. The van der Waals surface area contributed by atoms with E-state index in [0.717, 1.165) is 29.5 Å². The molecule has 25 heavy (non-hydrogen) atoms. The van der Waals surface area contributed by atoms with E-state index in [1.54, 1.807) is 0 Å². The quantitative estimate of drug-likeness (QED) is 0.634. The molecule has 0 unspecified atom stereocenters. The average Bonchev–Trinajstić information content (AvgIpc) is 2.66. The maximum Gasteiger partial charge on any atom is 0.261 e. The molecule has 1 amide bonds. The number of benzene rings is 2. The first-order chi connectivity index (χ1) is 12.2. The number of unbranched alkanes of at least 4 members (excludes halogenated alkanes) is 1. The summed E-state index contributed by atoms with van der Waals surface area (Å²) in [5.41, 5.74) is 0. The maximum absolute atomic E-state index is 12.6. The Hall–Kier alpha value is -2.03. The van der Waals surface area contributed by atoms with Crippen molar-refractivity contribution in [3.63, 3.8) is 0 Å². The topological polar surface area (TPSA) is 38.3 Å². The summed E-state index contributed by atoms with van der Waals surface area (Å²) >= 11 is 0. The SMILES string of the molecule is CCCC[C@@H](CC)CNC(=O)[C@H](CC)Oc1cccc2ccccc12. The minimum atomic E-state index is -0.450. The lowest BCUT2D eigenvalue weighted by molar-refractivity contribution is -0.128. The predicted octanol–water partition coefficient (Wildman–Crippen LogP) is 5.33. The summed E-state index contributed by atoms with van der Waals surface area (Å²) in [6.45, 7) is 7.13. The van der Waals surface area contributed by atoms with Gasteiger partial charge in [-0.3, -0.25) is 4.79 Å². The Morgan fingerprint density at radius 2 is 1.80 bits per heavy atom. The summed E-state index contributed by atoms with van der Waals surface area (Å²) in [4.78, 5) is 12.6. The standard InChI is InChI=1S/C22H31NO2/c1-4-7-11-17(5-2)16-23-22(24)20(6-3)25-21-15-10-13-18-12-8-9-14-19(18)21/h8-10,12-15,17,20H,4-7,11,16H2,1-3H3,(H,23,24)/t17-,20+/m1/s1. The largest absolute Gasteiger partial charge is 0.480 e. The van der Waals surface area contributed by atoms with Gasteiger partial charge in [0.1, 0.15) is 5.75 Å². The molecule has 0 aliphatic rings. The van der Waals surface area contributed by atoms with Crippen LogP contribution in [0.4, 0.5) is 0 Å². The minimum absolute atomic E-state index is 0.00890. The lowest BCUT2D eigenvalue weighted by Crippen LogP contribution is -2.40. The van der Waals surface area contributed by atoms with Crippen LogP contribution in [0.5, 0.6) is 5.75 Å². The predicted molar refractivity (Wildman–Crippen MR) is 105 cm³/mol. The van der Waals surface area contributed by atoms with Gasteiger partial charge in [-0.25, -0.2) is 0 Å². The second-order valence-electron chi connectivity index (χ2n) is 6.65. The van der Waals surface area contributed by atoms with E-state index in [0.29, 0.717) is 12.3 Å². The number of carbonyl (C=O) groups excluding carboxylic acids is 1. The Labute approximate surface area is 151 Å². The average molecular weight is 341 g/mol. The molecule has 0 aromatic heterocycles. The third-order valence-corrected chi connectivity index (χ3v) is 4.79. The fraction of sp³-hybridized carbons (Fsp3) is 0.500. The Balaban J connectivity index is 2.00. The number of hydrogen-bond acceptors (Lipinski definition) is 2. The van der Waals surface area contributed by atoms with E-state index >= 15 is 0 Å². The van der Waals surface area contributed by atoms with Crippen molar-refractivity contribution in [2.24, 2.45) is 5.92 Å². The zero-order chi connectivity index (χ0) is 18.1. The van der Waals surface area contributed by atoms with E-state index in [1.807, 2.05) is 37.3 Å². The second kappa shape index (κ2) is 10.1. The highest BCUT2D eigenvalue weighted by Crippen LogP contribution is 2.26. The Morgan fingerprint density at radius 3 is 2.52 bits per heavy atom. The van der Waals surface area contributed by atoms with Gasteiger partial charge in [-0.2, -0.15) is 0 Å². The molecule has 1 N–H and O–H groups in total. The van der Waals surface area contributed by atoms with Crippen molar-refractivity contribution in [2.45, 2.75) is 59.0 Å². The first-order valence-electron chi connectivity index (χ1n) is 9.61. The Kier molecular flexibility index (Phi) is 7.77. The number of nitrogens with one attached hydrogen (secondary N) is 1. The third-order valence-electron chi connectivity index (χ3n) is 4.79. The van der Waals surface area contributed by atoms with Gasteiger partial charge in [0.25, 0.3) is 5.91 Å². The fourth-order valence-electron chi connectivity index (χ4n) is 3.08. The van der Waals surface area contributed by atoms with Gasteiger partial charge in [-0.05, 0) is 30.2 Å². The lowest BCUT2D eigenvalue weighted by Gasteiger charge is -2.21. The van der Waals surface area contributed by atoms with Gasteiger partial charge in [0, 0.05) is 11.9 Å². The molecule has 0 saturated carbocycles. The highest BCUT2D eigenvalue weighted by Gasteiger charge is 2.20. The second-order valence-corrected chi connectivity index (χ2v) is 6.65. The van der Waals surface area contributed by atoms with Gasteiger partial charge >= 0.3 is 0 Å². The summed E-state index contributed by atoms with van der Waals surface area (Å²) < 4.78 is 6.07.